The van der Waals surface area contributed by atoms with E-state index in [2.05, 4.69) is 97.1 Å². The van der Waals surface area contributed by atoms with Gasteiger partial charge in [-0.25, -0.2) is 0 Å². The van der Waals surface area contributed by atoms with Crippen LogP contribution in [0.2, 0.25) is 0 Å². The van der Waals surface area contributed by atoms with Crippen LogP contribution in [0.1, 0.15) is 16.7 Å². The van der Waals surface area contributed by atoms with E-state index in [0.717, 1.165) is 6.42 Å². The minimum absolute atomic E-state index is 1.00. The Labute approximate surface area is 148 Å². The Morgan fingerprint density at radius 2 is 1.28 bits per heavy atom. The smallest absolute Gasteiger partial charge is 0.00132 e. The van der Waals surface area contributed by atoms with E-state index in [0.29, 0.717) is 0 Å². The van der Waals surface area contributed by atoms with Crippen LogP contribution in [0, 0.1) is 0 Å². The summed E-state index contributed by atoms with van der Waals surface area (Å²) in [5.74, 6) is 0. The van der Waals surface area contributed by atoms with E-state index in [1.807, 2.05) is 0 Å². The second-order valence-corrected chi connectivity index (χ2v) is 6.62. The van der Waals surface area contributed by atoms with Gasteiger partial charge in [0.1, 0.15) is 0 Å². The molecule has 0 atom stereocenters. The zero-order valence-electron chi connectivity index (χ0n) is 13.9. The minimum Gasteiger partial charge on any atom is -0.0622 e. The molecule has 0 aliphatic heterocycles. The van der Waals surface area contributed by atoms with Crippen molar-refractivity contribution in [3.05, 3.63) is 108 Å². The number of allylic oxidation sites excluding steroid dienone is 1. The van der Waals surface area contributed by atoms with Crippen LogP contribution >= 0.6 is 0 Å². The first-order chi connectivity index (χ1) is 12.4. The largest absolute Gasteiger partial charge is 0.0622 e. The van der Waals surface area contributed by atoms with Gasteiger partial charge in [0.2, 0.25) is 0 Å². The molecule has 4 aromatic carbocycles. The van der Waals surface area contributed by atoms with Crippen molar-refractivity contribution >= 4 is 22.4 Å². The van der Waals surface area contributed by atoms with Crippen molar-refractivity contribution in [3.8, 4) is 11.1 Å². The number of hydrogen-bond donors (Lipinski definition) is 0. The van der Waals surface area contributed by atoms with E-state index in [1.54, 1.807) is 0 Å². The topological polar surface area (TPSA) is 0 Å². The van der Waals surface area contributed by atoms with Crippen LogP contribution < -0.4 is 0 Å². The van der Waals surface area contributed by atoms with Gasteiger partial charge in [-0.2, -0.15) is 0 Å². The van der Waals surface area contributed by atoms with Crippen molar-refractivity contribution in [1.29, 1.82) is 0 Å². The summed E-state index contributed by atoms with van der Waals surface area (Å²) in [6.07, 6.45) is 3.39. The van der Waals surface area contributed by atoms with Gasteiger partial charge in [-0.05, 0) is 56.7 Å². The summed E-state index contributed by atoms with van der Waals surface area (Å²) in [6, 6.07) is 32.6. The summed E-state index contributed by atoms with van der Waals surface area (Å²) >= 11 is 0. The monoisotopic (exact) mass is 318 g/mol. The van der Waals surface area contributed by atoms with Crippen molar-refractivity contribution in [2.75, 3.05) is 0 Å². The molecule has 0 saturated heterocycles. The molecule has 0 unspecified atom stereocenters. The average molecular weight is 318 g/mol. The normalized spacial score (nSPS) is 12.9. The maximum atomic E-state index is 2.39. The molecule has 5 rings (SSSR count). The molecule has 4 aromatic rings. The lowest BCUT2D eigenvalue weighted by molar-refractivity contribution is 1.32. The zero-order chi connectivity index (χ0) is 16.6. The second-order valence-electron chi connectivity index (χ2n) is 6.62. The second kappa shape index (κ2) is 5.75. The zero-order valence-corrected chi connectivity index (χ0v) is 13.9. The van der Waals surface area contributed by atoms with Crippen molar-refractivity contribution in [2.24, 2.45) is 0 Å². The Balaban J connectivity index is 1.68. The van der Waals surface area contributed by atoms with E-state index in [4.69, 9.17) is 0 Å². The van der Waals surface area contributed by atoms with Crippen molar-refractivity contribution in [2.45, 2.75) is 6.42 Å². The van der Waals surface area contributed by atoms with E-state index >= 15 is 0 Å². The van der Waals surface area contributed by atoms with Gasteiger partial charge in [-0.3, -0.25) is 0 Å². The fourth-order valence-electron chi connectivity index (χ4n) is 3.92. The van der Waals surface area contributed by atoms with Crippen LogP contribution in [-0.2, 0) is 6.42 Å². The Hall–Kier alpha value is -3.12. The summed E-state index contributed by atoms with van der Waals surface area (Å²) in [5, 5.41) is 2.64. The van der Waals surface area contributed by atoms with Crippen LogP contribution in [0.5, 0.6) is 0 Å². The Kier molecular flexibility index (Phi) is 3.28. The summed E-state index contributed by atoms with van der Waals surface area (Å²) in [6.45, 7) is 0. The molecule has 0 amide bonds. The third kappa shape index (κ3) is 2.38. The number of fused-ring (bicyclic) bond motifs is 2. The molecule has 0 aromatic heterocycles. The molecule has 118 valence electrons. The lowest BCUT2D eigenvalue weighted by Gasteiger charge is -2.07. The Morgan fingerprint density at radius 1 is 0.560 bits per heavy atom. The molecule has 0 heterocycles. The number of hydrogen-bond acceptors (Lipinski definition) is 0. The van der Waals surface area contributed by atoms with Gasteiger partial charge in [0, 0.05) is 0 Å². The maximum absolute atomic E-state index is 2.39. The van der Waals surface area contributed by atoms with Gasteiger partial charge in [-0.1, -0.05) is 91.0 Å². The third-order valence-corrected chi connectivity index (χ3v) is 5.12. The fraction of sp³-hybridized carbons (Fsp3) is 0.0400. The first-order valence-corrected chi connectivity index (χ1v) is 8.76. The predicted molar refractivity (Wildman–Crippen MR) is 107 cm³/mol. The lowest BCUT2D eigenvalue weighted by Crippen LogP contribution is -1.88. The van der Waals surface area contributed by atoms with Crippen LogP contribution in [0.4, 0.5) is 0 Å². The van der Waals surface area contributed by atoms with Gasteiger partial charge >= 0.3 is 0 Å². The van der Waals surface area contributed by atoms with Gasteiger partial charge < -0.3 is 0 Å². The first kappa shape index (κ1) is 14.2. The standard InChI is InChI=1S/C25H18/c1-2-8-18(9-3-1)23-14-7-12-20-16-21(17-25(20)23)24-15-6-11-19-10-4-5-13-22(19)24/h1-15,17H,16H2. The van der Waals surface area contributed by atoms with Crippen LogP contribution in [-0.4, -0.2) is 0 Å². The maximum Gasteiger partial charge on any atom is -0.00132 e. The van der Waals surface area contributed by atoms with Gasteiger partial charge in [-0.15, -0.1) is 0 Å². The highest BCUT2D eigenvalue weighted by molar-refractivity contribution is 6.02. The van der Waals surface area contributed by atoms with Gasteiger partial charge in [0.25, 0.3) is 0 Å². The van der Waals surface area contributed by atoms with E-state index < -0.39 is 0 Å². The highest BCUT2D eigenvalue weighted by Crippen LogP contribution is 2.39. The first-order valence-electron chi connectivity index (χ1n) is 8.76. The molecule has 25 heavy (non-hydrogen) atoms. The van der Waals surface area contributed by atoms with Crippen LogP contribution in [0.15, 0.2) is 91.0 Å². The molecule has 0 radical (unpaired) electrons. The summed E-state index contributed by atoms with van der Waals surface area (Å²) in [5.41, 5.74) is 8.17. The third-order valence-electron chi connectivity index (χ3n) is 5.12. The van der Waals surface area contributed by atoms with Crippen molar-refractivity contribution < 1.29 is 0 Å². The Morgan fingerprint density at radius 3 is 2.20 bits per heavy atom. The SMILES string of the molecule is C1=C(c2cccc3ccccc23)Cc2cccc(-c3ccccc3)c21. The number of rotatable bonds is 2. The summed E-state index contributed by atoms with van der Waals surface area (Å²) in [7, 11) is 0. The summed E-state index contributed by atoms with van der Waals surface area (Å²) in [4.78, 5) is 0. The molecular formula is C25H18. The molecule has 0 heteroatoms. The average Bonchev–Trinajstić information content (AvgIpc) is 3.12. The van der Waals surface area contributed by atoms with Crippen LogP contribution in [0.25, 0.3) is 33.5 Å². The van der Waals surface area contributed by atoms with Gasteiger partial charge in [0.05, 0.1) is 0 Å². The van der Waals surface area contributed by atoms with Crippen molar-refractivity contribution in [1.82, 2.24) is 0 Å². The van der Waals surface area contributed by atoms with E-state index in [-0.39, 0.29) is 0 Å². The number of benzene rings is 4. The van der Waals surface area contributed by atoms with E-state index in [9.17, 15) is 0 Å². The van der Waals surface area contributed by atoms with Gasteiger partial charge in [0.15, 0.2) is 0 Å². The molecule has 0 bridgehead atoms. The van der Waals surface area contributed by atoms with E-state index in [1.165, 1.54) is 44.2 Å². The lowest BCUT2D eigenvalue weighted by atomic mass is 9.97. The highest BCUT2D eigenvalue weighted by Gasteiger charge is 2.18. The van der Waals surface area contributed by atoms with Crippen molar-refractivity contribution in [3.63, 3.8) is 0 Å². The molecule has 0 nitrogen and oxygen atoms in total. The minimum atomic E-state index is 1.00. The van der Waals surface area contributed by atoms with Crippen LogP contribution in [0.3, 0.4) is 0 Å². The molecule has 0 N–H and O–H groups in total. The molecule has 1 aliphatic carbocycles. The molecule has 1 aliphatic rings. The molecule has 0 saturated carbocycles. The molecular weight excluding hydrogens is 300 g/mol. The molecule has 0 fully saturated rings. The summed E-state index contributed by atoms with van der Waals surface area (Å²) < 4.78 is 0. The predicted octanol–water partition coefficient (Wildman–Crippen LogP) is 6.60. The quantitative estimate of drug-likeness (QED) is 0.390. The fourth-order valence-corrected chi connectivity index (χ4v) is 3.92. The molecule has 0 spiro atoms. The highest BCUT2D eigenvalue weighted by atomic mass is 14.2. The Bertz CT molecular complexity index is 1100.